The van der Waals surface area contributed by atoms with Gasteiger partial charge in [-0.25, -0.2) is 9.78 Å². The number of aromatic nitrogens is 2. The van der Waals surface area contributed by atoms with Gasteiger partial charge in [-0.1, -0.05) is 49.3 Å². The summed E-state index contributed by atoms with van der Waals surface area (Å²) in [6.07, 6.45) is 0. The molecule has 7 nitrogen and oxygen atoms in total. The molecule has 27 heavy (non-hydrogen) atoms. The lowest BCUT2D eigenvalue weighted by molar-refractivity contribution is -0.144. The van der Waals surface area contributed by atoms with Gasteiger partial charge in [0.1, 0.15) is 6.04 Å². The van der Waals surface area contributed by atoms with Crippen LogP contribution in [0.15, 0.2) is 40.9 Å². The van der Waals surface area contributed by atoms with Gasteiger partial charge in [-0.2, -0.15) is 0 Å². The average Bonchev–Trinajstić information content (AvgIpc) is 3.06. The molecule has 0 saturated heterocycles. The van der Waals surface area contributed by atoms with Crippen molar-refractivity contribution < 1.29 is 18.8 Å². The number of aryl methyl sites for hydroxylation is 1. The van der Waals surface area contributed by atoms with Gasteiger partial charge in [0.05, 0.1) is 29.4 Å². The van der Waals surface area contributed by atoms with E-state index < -0.39 is 17.9 Å². The molecule has 1 aromatic carbocycles. The first-order chi connectivity index (χ1) is 12.9. The van der Waals surface area contributed by atoms with E-state index in [9.17, 15) is 9.59 Å². The Morgan fingerprint density at radius 1 is 1.19 bits per heavy atom. The summed E-state index contributed by atoms with van der Waals surface area (Å²) >= 11 is 0. The van der Waals surface area contributed by atoms with E-state index in [-0.39, 0.29) is 11.6 Å². The van der Waals surface area contributed by atoms with Crippen molar-refractivity contribution in [2.45, 2.75) is 26.8 Å². The molecule has 0 aliphatic rings. The maximum Gasteiger partial charge on any atom is 0.328 e. The lowest BCUT2D eigenvalue weighted by Gasteiger charge is -2.20. The molecule has 0 aliphatic heterocycles. The first-order valence-corrected chi connectivity index (χ1v) is 8.63. The number of hydrogen-bond donors (Lipinski definition) is 1. The Bertz CT molecular complexity index is 980. The molecule has 0 radical (unpaired) electrons. The Hall–Kier alpha value is -3.22. The van der Waals surface area contributed by atoms with Gasteiger partial charge in [-0.15, -0.1) is 0 Å². The SMILES string of the molecule is COC(=O)[C@H](NC(=O)c1cc(-c2ccccc2)nc2onc(C)c12)C(C)C. The van der Waals surface area contributed by atoms with Gasteiger partial charge in [-0.05, 0) is 18.9 Å². The van der Waals surface area contributed by atoms with Crippen LogP contribution in [-0.2, 0) is 9.53 Å². The highest BCUT2D eigenvalue weighted by Crippen LogP contribution is 2.27. The molecule has 0 unspecified atom stereocenters. The molecule has 0 bridgehead atoms. The number of amides is 1. The third kappa shape index (κ3) is 3.67. The first-order valence-electron chi connectivity index (χ1n) is 8.63. The maximum atomic E-state index is 13.0. The summed E-state index contributed by atoms with van der Waals surface area (Å²) in [4.78, 5) is 29.5. The topological polar surface area (TPSA) is 94.3 Å². The number of nitrogens with one attached hydrogen (secondary N) is 1. The van der Waals surface area contributed by atoms with E-state index in [2.05, 4.69) is 15.5 Å². The van der Waals surface area contributed by atoms with E-state index in [0.717, 1.165) is 5.56 Å². The third-order valence-corrected chi connectivity index (χ3v) is 4.34. The van der Waals surface area contributed by atoms with Crippen molar-refractivity contribution >= 4 is 23.0 Å². The zero-order chi connectivity index (χ0) is 19.6. The number of pyridine rings is 1. The second-order valence-electron chi connectivity index (χ2n) is 6.59. The van der Waals surface area contributed by atoms with Crippen LogP contribution in [0.25, 0.3) is 22.4 Å². The van der Waals surface area contributed by atoms with E-state index in [1.54, 1.807) is 13.0 Å². The van der Waals surface area contributed by atoms with E-state index in [1.807, 2.05) is 44.2 Å². The molecule has 2 aromatic heterocycles. The molecule has 7 heteroatoms. The van der Waals surface area contributed by atoms with E-state index >= 15 is 0 Å². The number of rotatable bonds is 5. The summed E-state index contributed by atoms with van der Waals surface area (Å²) in [6.45, 7) is 5.42. The second-order valence-corrected chi connectivity index (χ2v) is 6.59. The molecule has 1 amide bonds. The zero-order valence-corrected chi connectivity index (χ0v) is 15.6. The number of carbonyl (C=O) groups excluding carboxylic acids is 2. The fraction of sp³-hybridized carbons (Fsp3) is 0.300. The fourth-order valence-electron chi connectivity index (χ4n) is 2.87. The highest BCUT2D eigenvalue weighted by Gasteiger charge is 2.27. The van der Waals surface area contributed by atoms with Crippen molar-refractivity contribution in [2.75, 3.05) is 7.11 Å². The van der Waals surface area contributed by atoms with Crippen molar-refractivity contribution in [3.8, 4) is 11.3 Å². The monoisotopic (exact) mass is 367 g/mol. The van der Waals surface area contributed by atoms with Crippen LogP contribution in [0.4, 0.5) is 0 Å². The van der Waals surface area contributed by atoms with Crippen LogP contribution >= 0.6 is 0 Å². The van der Waals surface area contributed by atoms with Gasteiger partial charge in [0.2, 0.25) is 0 Å². The molecule has 0 saturated carbocycles. The van der Waals surface area contributed by atoms with Gasteiger partial charge in [-0.3, -0.25) is 4.79 Å². The van der Waals surface area contributed by atoms with Gasteiger partial charge >= 0.3 is 5.97 Å². The van der Waals surface area contributed by atoms with Crippen LogP contribution in [0.3, 0.4) is 0 Å². The van der Waals surface area contributed by atoms with Crippen molar-refractivity contribution in [1.82, 2.24) is 15.5 Å². The fourth-order valence-corrected chi connectivity index (χ4v) is 2.87. The summed E-state index contributed by atoms with van der Waals surface area (Å²) in [5, 5.41) is 7.22. The molecule has 2 heterocycles. The lowest BCUT2D eigenvalue weighted by Crippen LogP contribution is -2.45. The van der Waals surface area contributed by atoms with Crippen LogP contribution in [0.5, 0.6) is 0 Å². The molecule has 0 spiro atoms. The van der Waals surface area contributed by atoms with Gasteiger partial charge in [0.15, 0.2) is 0 Å². The minimum absolute atomic E-state index is 0.129. The summed E-state index contributed by atoms with van der Waals surface area (Å²) in [5.74, 6) is -1.03. The van der Waals surface area contributed by atoms with Crippen molar-refractivity contribution in [3.05, 3.63) is 47.7 Å². The van der Waals surface area contributed by atoms with Gasteiger partial charge in [0.25, 0.3) is 11.6 Å². The standard InChI is InChI=1S/C20H21N3O4/c1-11(2)17(20(25)26-4)22-18(24)14-10-15(13-8-6-5-7-9-13)21-19-16(14)12(3)23-27-19/h5-11,17H,1-4H3,(H,22,24)/t17-/m1/s1. The molecule has 1 atom stereocenters. The molecule has 3 aromatic rings. The van der Waals surface area contributed by atoms with Crippen LogP contribution in [-0.4, -0.2) is 35.2 Å². The second kappa shape index (κ2) is 7.57. The third-order valence-electron chi connectivity index (χ3n) is 4.34. The molecule has 0 aliphatic carbocycles. The molecule has 140 valence electrons. The Kier molecular flexibility index (Phi) is 5.21. The minimum Gasteiger partial charge on any atom is -0.467 e. The maximum absolute atomic E-state index is 13.0. The van der Waals surface area contributed by atoms with E-state index in [1.165, 1.54) is 7.11 Å². The van der Waals surface area contributed by atoms with Gasteiger partial charge < -0.3 is 14.6 Å². The van der Waals surface area contributed by atoms with E-state index in [0.29, 0.717) is 22.3 Å². The van der Waals surface area contributed by atoms with Crippen molar-refractivity contribution in [2.24, 2.45) is 5.92 Å². The predicted octanol–water partition coefficient (Wildman–Crippen LogP) is 3.13. The molecular formula is C20H21N3O4. The number of benzene rings is 1. The lowest BCUT2D eigenvalue weighted by atomic mass is 10.0. The largest absolute Gasteiger partial charge is 0.467 e. The van der Waals surface area contributed by atoms with Crippen LogP contribution in [0.1, 0.15) is 29.9 Å². The van der Waals surface area contributed by atoms with E-state index in [4.69, 9.17) is 9.26 Å². The Labute approximate surface area is 156 Å². The number of nitrogens with zero attached hydrogens (tertiary/aromatic N) is 2. The Morgan fingerprint density at radius 2 is 1.89 bits per heavy atom. The molecule has 1 N–H and O–H groups in total. The van der Waals surface area contributed by atoms with Crippen LogP contribution in [0.2, 0.25) is 0 Å². The van der Waals surface area contributed by atoms with Crippen LogP contribution in [0, 0.1) is 12.8 Å². The summed E-state index contributed by atoms with van der Waals surface area (Å²) in [7, 11) is 1.30. The summed E-state index contributed by atoms with van der Waals surface area (Å²) in [5.41, 5.74) is 2.62. The quantitative estimate of drug-likeness (QED) is 0.696. The number of hydrogen-bond acceptors (Lipinski definition) is 6. The number of fused-ring (bicyclic) bond motifs is 1. The van der Waals surface area contributed by atoms with Crippen molar-refractivity contribution in [1.29, 1.82) is 0 Å². The molecule has 3 rings (SSSR count). The normalized spacial score (nSPS) is 12.2. The molecular weight excluding hydrogens is 346 g/mol. The first kappa shape index (κ1) is 18.6. The molecule has 0 fully saturated rings. The number of carbonyl (C=O) groups is 2. The smallest absolute Gasteiger partial charge is 0.328 e. The number of esters is 1. The predicted molar refractivity (Wildman–Crippen MR) is 100 cm³/mol. The minimum atomic E-state index is -0.758. The van der Waals surface area contributed by atoms with Crippen LogP contribution < -0.4 is 5.32 Å². The Morgan fingerprint density at radius 3 is 2.52 bits per heavy atom. The highest BCUT2D eigenvalue weighted by atomic mass is 16.5. The summed E-state index contributed by atoms with van der Waals surface area (Å²) < 4.78 is 10.1. The summed E-state index contributed by atoms with van der Waals surface area (Å²) in [6, 6.07) is 10.4. The zero-order valence-electron chi connectivity index (χ0n) is 15.6. The van der Waals surface area contributed by atoms with Gasteiger partial charge in [0, 0.05) is 5.56 Å². The number of ether oxygens (including phenoxy) is 1. The highest BCUT2D eigenvalue weighted by molar-refractivity contribution is 6.08. The number of methoxy groups -OCH3 is 1. The Balaban J connectivity index is 2.07. The van der Waals surface area contributed by atoms with Crippen molar-refractivity contribution in [3.63, 3.8) is 0 Å². The average molecular weight is 367 g/mol.